The first-order valence-electron chi connectivity index (χ1n) is 7.09. The highest BCUT2D eigenvalue weighted by Gasteiger charge is 2.20. The van der Waals surface area contributed by atoms with Gasteiger partial charge >= 0.3 is 0 Å². The van der Waals surface area contributed by atoms with Gasteiger partial charge in [0.1, 0.15) is 0 Å². The van der Waals surface area contributed by atoms with Gasteiger partial charge in [-0.15, -0.1) is 11.3 Å². The van der Waals surface area contributed by atoms with Crippen molar-refractivity contribution >= 4 is 40.2 Å². The molecule has 0 atom stereocenters. The lowest BCUT2D eigenvalue weighted by Gasteiger charge is -2.19. The smallest absolute Gasteiger partial charge is 0.0931 e. The molecule has 1 fully saturated rings. The fraction of sp³-hybridized carbons (Fsp3) is 0.375. The average Bonchev–Trinajstić information content (AvgIpc) is 3.20. The molecule has 2 nitrogen and oxygen atoms in total. The Balaban J connectivity index is 1.65. The average molecular weight is 341 g/mol. The normalized spacial score (nSPS) is 14.4. The summed E-state index contributed by atoms with van der Waals surface area (Å²) in [6.07, 6.45) is 2.59. The zero-order chi connectivity index (χ0) is 14.8. The first kappa shape index (κ1) is 15.2. The predicted molar refractivity (Wildman–Crippen MR) is 92.7 cm³/mol. The van der Waals surface area contributed by atoms with E-state index in [1.165, 1.54) is 23.3 Å². The van der Waals surface area contributed by atoms with Crippen LogP contribution in [-0.2, 0) is 13.1 Å². The van der Waals surface area contributed by atoms with Crippen LogP contribution < -0.4 is 10.2 Å². The van der Waals surface area contributed by atoms with Crippen molar-refractivity contribution in [3.63, 3.8) is 0 Å². The van der Waals surface area contributed by atoms with Crippen LogP contribution in [0.5, 0.6) is 0 Å². The molecule has 1 aromatic carbocycles. The van der Waals surface area contributed by atoms with Gasteiger partial charge < -0.3 is 10.2 Å². The van der Waals surface area contributed by atoms with E-state index >= 15 is 0 Å². The van der Waals surface area contributed by atoms with Gasteiger partial charge in [0, 0.05) is 35.2 Å². The zero-order valence-corrected chi connectivity index (χ0v) is 14.2. The Morgan fingerprint density at radius 2 is 2.05 bits per heavy atom. The molecule has 112 valence electrons. The van der Waals surface area contributed by atoms with Crippen LogP contribution in [0, 0.1) is 0 Å². The molecule has 0 saturated heterocycles. The highest BCUT2D eigenvalue weighted by atomic mass is 35.5. The summed E-state index contributed by atoms with van der Waals surface area (Å²) in [4.78, 5) is 3.43. The second-order valence-electron chi connectivity index (χ2n) is 5.49. The largest absolute Gasteiger partial charge is 0.369 e. The summed E-state index contributed by atoms with van der Waals surface area (Å²) in [6.45, 7) is 1.70. The Morgan fingerprint density at radius 1 is 1.24 bits per heavy atom. The van der Waals surface area contributed by atoms with E-state index in [2.05, 4.69) is 35.5 Å². The zero-order valence-electron chi connectivity index (χ0n) is 11.9. The van der Waals surface area contributed by atoms with Crippen molar-refractivity contribution in [3.8, 4) is 0 Å². The minimum atomic E-state index is 0.701. The van der Waals surface area contributed by atoms with Crippen LogP contribution in [0.15, 0.2) is 30.3 Å². The van der Waals surface area contributed by atoms with Gasteiger partial charge in [0.15, 0.2) is 0 Å². The molecule has 1 aromatic heterocycles. The first-order chi connectivity index (χ1) is 10.1. The second kappa shape index (κ2) is 6.57. The molecule has 0 aliphatic heterocycles. The van der Waals surface area contributed by atoms with Gasteiger partial charge in [-0.3, -0.25) is 0 Å². The molecule has 21 heavy (non-hydrogen) atoms. The Kier molecular flexibility index (Phi) is 4.75. The third-order valence-electron chi connectivity index (χ3n) is 3.66. The van der Waals surface area contributed by atoms with Crippen molar-refractivity contribution in [1.82, 2.24) is 5.32 Å². The number of hydrogen-bond acceptors (Lipinski definition) is 3. The molecule has 0 unspecified atom stereocenters. The van der Waals surface area contributed by atoms with Gasteiger partial charge in [-0.2, -0.15) is 0 Å². The fourth-order valence-corrected chi connectivity index (χ4v) is 3.60. The number of nitrogens with zero attached hydrogens (tertiary/aromatic N) is 1. The van der Waals surface area contributed by atoms with Crippen LogP contribution in [0.3, 0.4) is 0 Å². The van der Waals surface area contributed by atoms with Gasteiger partial charge in [0.25, 0.3) is 0 Å². The number of anilines is 1. The molecule has 1 heterocycles. The van der Waals surface area contributed by atoms with E-state index < -0.39 is 0 Å². The van der Waals surface area contributed by atoms with E-state index in [1.807, 2.05) is 12.1 Å². The molecule has 1 aliphatic rings. The molecule has 1 saturated carbocycles. The van der Waals surface area contributed by atoms with Crippen LogP contribution in [0.1, 0.15) is 23.3 Å². The van der Waals surface area contributed by atoms with Crippen molar-refractivity contribution in [2.45, 2.75) is 32.0 Å². The summed E-state index contributed by atoms with van der Waals surface area (Å²) in [5.74, 6) is 0. The van der Waals surface area contributed by atoms with Crippen LogP contribution in [-0.4, -0.2) is 13.1 Å². The van der Waals surface area contributed by atoms with E-state index in [4.69, 9.17) is 23.2 Å². The van der Waals surface area contributed by atoms with E-state index in [0.717, 1.165) is 28.1 Å². The molecule has 0 spiro atoms. The molecule has 1 aliphatic carbocycles. The lowest BCUT2D eigenvalue weighted by atomic mass is 10.2. The van der Waals surface area contributed by atoms with Crippen LogP contribution >= 0.6 is 34.5 Å². The summed E-state index contributed by atoms with van der Waals surface area (Å²) in [6, 6.07) is 11.0. The predicted octanol–water partition coefficient (Wildman–Crippen LogP) is 4.94. The fourth-order valence-electron chi connectivity index (χ4n) is 2.22. The standard InChI is InChI=1S/C16H18Cl2N2S/c1-20(10-14-6-7-16(18)21-14)13-5-2-11(15(17)8-13)9-19-12-3-4-12/h2,5-8,12,19H,3-4,9-10H2,1H3. The van der Waals surface area contributed by atoms with E-state index in [0.29, 0.717) is 6.04 Å². The minimum Gasteiger partial charge on any atom is -0.369 e. The molecular formula is C16H18Cl2N2S. The quantitative estimate of drug-likeness (QED) is 0.800. The lowest BCUT2D eigenvalue weighted by molar-refractivity contribution is 0.688. The molecule has 1 N–H and O–H groups in total. The third-order valence-corrected chi connectivity index (χ3v) is 5.23. The molecule has 0 amide bonds. The number of nitrogens with one attached hydrogen (secondary N) is 1. The number of halogens is 2. The van der Waals surface area contributed by atoms with Gasteiger partial charge in [0.2, 0.25) is 0 Å². The Bertz CT molecular complexity index is 622. The van der Waals surface area contributed by atoms with Gasteiger partial charge in [-0.1, -0.05) is 29.3 Å². The monoisotopic (exact) mass is 340 g/mol. The summed E-state index contributed by atoms with van der Waals surface area (Å²) in [5.41, 5.74) is 2.29. The molecular weight excluding hydrogens is 323 g/mol. The lowest BCUT2D eigenvalue weighted by Crippen LogP contribution is -2.17. The summed E-state index contributed by atoms with van der Waals surface area (Å²) in [7, 11) is 2.07. The number of rotatable bonds is 6. The topological polar surface area (TPSA) is 15.3 Å². The maximum Gasteiger partial charge on any atom is 0.0931 e. The van der Waals surface area contributed by atoms with E-state index in [1.54, 1.807) is 11.3 Å². The van der Waals surface area contributed by atoms with Crippen LogP contribution in [0.2, 0.25) is 9.36 Å². The molecule has 3 rings (SSSR count). The second-order valence-corrected chi connectivity index (χ2v) is 7.70. The highest BCUT2D eigenvalue weighted by Crippen LogP contribution is 2.28. The number of thiophene rings is 1. The van der Waals surface area contributed by atoms with Gasteiger partial charge in [-0.05, 0) is 42.7 Å². The number of benzene rings is 1. The molecule has 5 heteroatoms. The SMILES string of the molecule is CN(Cc1ccc(Cl)s1)c1ccc(CNC2CC2)c(Cl)c1. The van der Waals surface area contributed by atoms with Crippen molar-refractivity contribution in [1.29, 1.82) is 0 Å². The molecule has 0 radical (unpaired) electrons. The third kappa shape index (κ3) is 4.13. The van der Waals surface area contributed by atoms with Crippen molar-refractivity contribution in [3.05, 3.63) is 50.1 Å². The van der Waals surface area contributed by atoms with Gasteiger partial charge in [0.05, 0.1) is 10.9 Å². The minimum absolute atomic E-state index is 0.701. The molecule has 0 bridgehead atoms. The van der Waals surface area contributed by atoms with Crippen LogP contribution in [0.4, 0.5) is 5.69 Å². The van der Waals surface area contributed by atoms with Crippen molar-refractivity contribution in [2.75, 3.05) is 11.9 Å². The van der Waals surface area contributed by atoms with Gasteiger partial charge in [-0.25, -0.2) is 0 Å². The molecule has 2 aromatic rings. The summed E-state index contributed by atoms with van der Waals surface area (Å²) in [5, 5.41) is 4.32. The van der Waals surface area contributed by atoms with Crippen molar-refractivity contribution < 1.29 is 0 Å². The summed E-state index contributed by atoms with van der Waals surface area (Å²) >= 11 is 14.0. The maximum atomic E-state index is 6.40. The number of hydrogen-bond donors (Lipinski definition) is 1. The maximum absolute atomic E-state index is 6.40. The summed E-state index contributed by atoms with van der Waals surface area (Å²) < 4.78 is 0.831. The highest BCUT2D eigenvalue weighted by molar-refractivity contribution is 7.16. The Labute approximate surface area is 139 Å². The first-order valence-corrected chi connectivity index (χ1v) is 8.66. The van der Waals surface area contributed by atoms with E-state index in [9.17, 15) is 0 Å². The Hall–Kier alpha value is -0.740. The van der Waals surface area contributed by atoms with Crippen LogP contribution in [0.25, 0.3) is 0 Å². The van der Waals surface area contributed by atoms with E-state index in [-0.39, 0.29) is 0 Å². The Morgan fingerprint density at radius 3 is 2.67 bits per heavy atom. The van der Waals surface area contributed by atoms with Crippen molar-refractivity contribution in [2.24, 2.45) is 0 Å².